The predicted octanol–water partition coefficient (Wildman–Crippen LogP) is 4.20. The number of hydrogen-bond acceptors (Lipinski definition) is 4. The maximum atomic E-state index is 6.23. The third-order valence-corrected chi connectivity index (χ3v) is 4.02. The molecule has 3 rings (SSSR count). The summed E-state index contributed by atoms with van der Waals surface area (Å²) < 4.78 is 10.5. The van der Waals surface area contributed by atoms with E-state index in [2.05, 4.69) is 0 Å². The van der Waals surface area contributed by atoms with Crippen LogP contribution in [0.2, 0.25) is 0 Å². The van der Waals surface area contributed by atoms with Crippen LogP contribution < -0.4 is 20.9 Å². The lowest BCUT2D eigenvalue weighted by Gasteiger charge is -2.15. The molecule has 0 heterocycles. The molecule has 122 valence electrons. The molecule has 24 heavy (non-hydrogen) atoms. The molecule has 0 bridgehead atoms. The van der Waals surface area contributed by atoms with E-state index in [0.29, 0.717) is 11.4 Å². The van der Waals surface area contributed by atoms with Crippen molar-refractivity contribution < 1.29 is 9.47 Å². The fourth-order valence-electron chi connectivity index (χ4n) is 2.78. The zero-order valence-corrected chi connectivity index (χ0v) is 13.7. The average Bonchev–Trinajstić information content (AvgIpc) is 2.61. The van der Waals surface area contributed by atoms with Crippen molar-refractivity contribution in [2.24, 2.45) is 0 Å². The van der Waals surface area contributed by atoms with Gasteiger partial charge >= 0.3 is 0 Å². The number of hydrogen-bond donors (Lipinski definition) is 2. The summed E-state index contributed by atoms with van der Waals surface area (Å²) in [6, 6.07) is 19.4. The first-order valence-electron chi connectivity index (χ1n) is 7.61. The van der Waals surface area contributed by atoms with E-state index < -0.39 is 0 Å². The molecule has 0 aliphatic rings. The molecule has 4 N–H and O–H groups in total. The molecule has 4 heteroatoms. The third kappa shape index (κ3) is 2.86. The molecule has 0 amide bonds. The first-order chi connectivity index (χ1) is 11.6. The normalized spacial score (nSPS) is 10.4. The second kappa shape index (κ2) is 6.54. The van der Waals surface area contributed by atoms with Crippen molar-refractivity contribution in [1.82, 2.24) is 0 Å². The molecule has 0 aliphatic carbocycles. The van der Waals surface area contributed by atoms with Gasteiger partial charge in [-0.25, -0.2) is 0 Å². The smallest absolute Gasteiger partial charge is 0.120 e. The van der Waals surface area contributed by atoms with Crippen LogP contribution in [0.5, 0.6) is 11.5 Å². The van der Waals surface area contributed by atoms with Crippen LogP contribution in [0.15, 0.2) is 60.7 Å². The van der Waals surface area contributed by atoms with Crippen molar-refractivity contribution in [3.05, 3.63) is 60.7 Å². The Labute approximate surface area is 141 Å². The minimum atomic E-state index is 0.661. The molecule has 0 saturated carbocycles. The van der Waals surface area contributed by atoms with Crippen LogP contribution in [-0.4, -0.2) is 14.2 Å². The molecule has 0 saturated heterocycles. The SMILES string of the molecule is COc1ccc(-c2ccccc2-c2ccc(OC)cc2N)c(N)c1. The van der Waals surface area contributed by atoms with Crippen molar-refractivity contribution in [2.75, 3.05) is 25.7 Å². The van der Waals surface area contributed by atoms with Crippen LogP contribution in [0.1, 0.15) is 0 Å². The summed E-state index contributed by atoms with van der Waals surface area (Å²) in [5.74, 6) is 1.47. The van der Waals surface area contributed by atoms with Crippen molar-refractivity contribution in [3.63, 3.8) is 0 Å². The van der Waals surface area contributed by atoms with E-state index >= 15 is 0 Å². The molecule has 0 unspecified atom stereocenters. The highest BCUT2D eigenvalue weighted by molar-refractivity contribution is 5.92. The molecule has 0 aliphatic heterocycles. The van der Waals surface area contributed by atoms with Gasteiger partial charge in [0.25, 0.3) is 0 Å². The van der Waals surface area contributed by atoms with Crippen molar-refractivity contribution in [3.8, 4) is 33.8 Å². The average molecular weight is 320 g/mol. The number of ether oxygens (including phenoxy) is 2. The summed E-state index contributed by atoms with van der Waals surface area (Å²) in [5, 5.41) is 0. The maximum Gasteiger partial charge on any atom is 0.120 e. The van der Waals surface area contributed by atoms with Crippen LogP contribution in [0.4, 0.5) is 11.4 Å². The van der Waals surface area contributed by atoms with Gasteiger partial charge in [0, 0.05) is 34.6 Å². The summed E-state index contributed by atoms with van der Waals surface area (Å²) in [4.78, 5) is 0. The van der Waals surface area contributed by atoms with Gasteiger partial charge in [0.15, 0.2) is 0 Å². The molecule has 0 fully saturated rings. The lowest BCUT2D eigenvalue weighted by Crippen LogP contribution is -1.96. The van der Waals surface area contributed by atoms with E-state index in [1.165, 1.54) is 0 Å². The van der Waals surface area contributed by atoms with Crippen molar-refractivity contribution in [1.29, 1.82) is 0 Å². The molecule has 0 spiro atoms. The van der Waals surface area contributed by atoms with Gasteiger partial charge in [0.1, 0.15) is 11.5 Å². The van der Waals surface area contributed by atoms with Gasteiger partial charge in [-0.05, 0) is 35.4 Å². The topological polar surface area (TPSA) is 70.5 Å². The summed E-state index contributed by atoms with van der Waals surface area (Å²) in [6.07, 6.45) is 0. The lowest BCUT2D eigenvalue weighted by molar-refractivity contribution is 0.415. The first kappa shape index (κ1) is 15.7. The van der Waals surface area contributed by atoms with E-state index in [1.54, 1.807) is 14.2 Å². The van der Waals surface area contributed by atoms with Gasteiger partial charge in [-0.15, -0.1) is 0 Å². The summed E-state index contributed by atoms with van der Waals surface area (Å²) in [7, 11) is 3.25. The Morgan fingerprint density at radius 2 is 1.00 bits per heavy atom. The number of nitrogens with two attached hydrogens (primary N) is 2. The number of methoxy groups -OCH3 is 2. The molecule has 3 aromatic carbocycles. The number of anilines is 2. The molecule has 4 nitrogen and oxygen atoms in total. The van der Waals surface area contributed by atoms with Crippen LogP contribution in [0.25, 0.3) is 22.3 Å². The Balaban J connectivity index is 2.16. The monoisotopic (exact) mass is 320 g/mol. The lowest BCUT2D eigenvalue weighted by atomic mass is 9.92. The maximum absolute atomic E-state index is 6.23. The van der Waals surface area contributed by atoms with Gasteiger partial charge < -0.3 is 20.9 Å². The summed E-state index contributed by atoms with van der Waals surface area (Å²) >= 11 is 0. The second-order valence-corrected chi connectivity index (χ2v) is 5.45. The summed E-state index contributed by atoms with van der Waals surface area (Å²) in [5.41, 5.74) is 17.7. The van der Waals surface area contributed by atoms with Gasteiger partial charge in [-0.2, -0.15) is 0 Å². The summed E-state index contributed by atoms with van der Waals surface area (Å²) in [6.45, 7) is 0. The van der Waals surface area contributed by atoms with E-state index in [1.807, 2.05) is 60.7 Å². The molecule has 0 radical (unpaired) electrons. The quantitative estimate of drug-likeness (QED) is 0.707. The molecule has 0 aromatic heterocycles. The second-order valence-electron chi connectivity index (χ2n) is 5.45. The van der Waals surface area contributed by atoms with E-state index in [9.17, 15) is 0 Å². The minimum Gasteiger partial charge on any atom is -0.497 e. The largest absolute Gasteiger partial charge is 0.497 e. The van der Waals surface area contributed by atoms with Crippen LogP contribution in [0, 0.1) is 0 Å². The van der Waals surface area contributed by atoms with Gasteiger partial charge in [-0.1, -0.05) is 24.3 Å². The highest BCUT2D eigenvalue weighted by atomic mass is 16.5. The van der Waals surface area contributed by atoms with Gasteiger partial charge in [0.05, 0.1) is 14.2 Å². The van der Waals surface area contributed by atoms with Crippen molar-refractivity contribution in [2.45, 2.75) is 0 Å². The number of rotatable bonds is 4. The van der Waals surface area contributed by atoms with Crippen LogP contribution >= 0.6 is 0 Å². The fraction of sp³-hybridized carbons (Fsp3) is 0.100. The standard InChI is InChI=1S/C20H20N2O2/c1-23-13-7-9-17(19(21)11-13)15-5-3-4-6-16(15)18-10-8-14(24-2)12-20(18)22/h3-12H,21-22H2,1-2H3. The van der Waals surface area contributed by atoms with E-state index in [-0.39, 0.29) is 0 Å². The Kier molecular flexibility index (Phi) is 4.29. The highest BCUT2D eigenvalue weighted by Crippen LogP contribution is 2.39. The van der Waals surface area contributed by atoms with E-state index in [4.69, 9.17) is 20.9 Å². The molecular formula is C20H20N2O2. The molecule has 3 aromatic rings. The Morgan fingerprint density at radius 3 is 1.33 bits per heavy atom. The van der Waals surface area contributed by atoms with Crippen molar-refractivity contribution >= 4 is 11.4 Å². The molecule has 0 atom stereocenters. The Hall–Kier alpha value is -3.14. The van der Waals surface area contributed by atoms with E-state index in [0.717, 1.165) is 33.8 Å². The highest BCUT2D eigenvalue weighted by Gasteiger charge is 2.12. The zero-order chi connectivity index (χ0) is 17.1. The minimum absolute atomic E-state index is 0.661. The first-order valence-corrected chi connectivity index (χ1v) is 7.61. The fourth-order valence-corrected chi connectivity index (χ4v) is 2.78. The van der Waals surface area contributed by atoms with Gasteiger partial charge in [-0.3, -0.25) is 0 Å². The van der Waals surface area contributed by atoms with Crippen LogP contribution in [-0.2, 0) is 0 Å². The number of nitrogen functional groups attached to an aromatic ring is 2. The Morgan fingerprint density at radius 1 is 0.583 bits per heavy atom. The predicted molar refractivity (Wildman–Crippen MR) is 99.2 cm³/mol. The van der Waals surface area contributed by atoms with Gasteiger partial charge in [0.2, 0.25) is 0 Å². The third-order valence-electron chi connectivity index (χ3n) is 4.02. The number of benzene rings is 3. The van der Waals surface area contributed by atoms with Crippen LogP contribution in [0.3, 0.4) is 0 Å². The zero-order valence-electron chi connectivity index (χ0n) is 13.7. The Bertz CT molecular complexity index is 803. The molecular weight excluding hydrogens is 300 g/mol.